The average molecular weight is 219 g/mol. The molecule has 0 radical (unpaired) electrons. The monoisotopic (exact) mass is 219 g/mol. The third-order valence-corrected chi connectivity index (χ3v) is 2.82. The van der Waals surface area contributed by atoms with Gasteiger partial charge in [-0.3, -0.25) is 0 Å². The number of aliphatic hydroxyl groups excluding tert-OH is 1. The number of aryl methyl sites for hydroxylation is 2. The lowest BCUT2D eigenvalue weighted by molar-refractivity contribution is 0.266. The third kappa shape index (κ3) is 1.60. The van der Waals surface area contributed by atoms with Crippen molar-refractivity contribution >= 4 is 5.52 Å². The van der Waals surface area contributed by atoms with Crippen LogP contribution in [0.15, 0.2) is 18.2 Å². The number of fused-ring (bicyclic) bond motifs is 1. The van der Waals surface area contributed by atoms with Crippen LogP contribution < -0.4 is 5.73 Å². The van der Waals surface area contributed by atoms with Crippen LogP contribution in [0.25, 0.3) is 5.52 Å². The van der Waals surface area contributed by atoms with Crippen LogP contribution in [0.2, 0.25) is 0 Å². The Labute approximate surface area is 94.7 Å². The van der Waals surface area contributed by atoms with Crippen molar-refractivity contribution in [3.63, 3.8) is 0 Å². The van der Waals surface area contributed by atoms with Gasteiger partial charge >= 0.3 is 0 Å². The number of nitrogens with zero attached hydrogens (tertiary/aromatic N) is 2. The summed E-state index contributed by atoms with van der Waals surface area (Å²) in [6.45, 7) is 4.03. The van der Waals surface area contributed by atoms with E-state index in [0.29, 0.717) is 0 Å². The van der Waals surface area contributed by atoms with E-state index in [1.807, 2.05) is 25.1 Å². The van der Waals surface area contributed by atoms with Gasteiger partial charge in [-0.1, -0.05) is 13.0 Å². The second kappa shape index (κ2) is 4.23. The first-order valence-corrected chi connectivity index (χ1v) is 5.52. The molecule has 0 aliphatic heterocycles. The van der Waals surface area contributed by atoms with Crippen molar-refractivity contribution in [3.05, 3.63) is 35.4 Å². The Morgan fingerprint density at radius 3 is 2.88 bits per heavy atom. The minimum atomic E-state index is -0.405. The van der Waals surface area contributed by atoms with E-state index in [4.69, 9.17) is 10.8 Å². The van der Waals surface area contributed by atoms with Crippen LogP contribution in [0.5, 0.6) is 0 Å². The number of aliphatic hydroxyl groups is 1. The Hall–Kier alpha value is -1.39. The van der Waals surface area contributed by atoms with Crippen molar-refractivity contribution in [1.82, 2.24) is 9.38 Å². The smallest absolute Gasteiger partial charge is 0.113 e. The van der Waals surface area contributed by atoms with Gasteiger partial charge in [0.25, 0.3) is 0 Å². The highest BCUT2D eigenvalue weighted by Crippen LogP contribution is 2.20. The molecule has 4 heteroatoms. The van der Waals surface area contributed by atoms with Gasteiger partial charge < -0.3 is 15.2 Å². The molecule has 16 heavy (non-hydrogen) atoms. The highest BCUT2D eigenvalue weighted by Gasteiger charge is 2.15. The van der Waals surface area contributed by atoms with Gasteiger partial charge in [-0.25, -0.2) is 4.98 Å². The number of hydrogen-bond acceptors (Lipinski definition) is 3. The van der Waals surface area contributed by atoms with Crippen LogP contribution in [0.1, 0.15) is 30.2 Å². The van der Waals surface area contributed by atoms with Gasteiger partial charge in [0.1, 0.15) is 5.82 Å². The van der Waals surface area contributed by atoms with Crippen molar-refractivity contribution in [2.45, 2.75) is 26.3 Å². The lowest BCUT2D eigenvalue weighted by Crippen LogP contribution is -2.15. The van der Waals surface area contributed by atoms with E-state index >= 15 is 0 Å². The maximum absolute atomic E-state index is 9.12. The Kier molecular flexibility index (Phi) is 2.94. The molecule has 2 aromatic rings. The fourth-order valence-electron chi connectivity index (χ4n) is 2.00. The van der Waals surface area contributed by atoms with Crippen molar-refractivity contribution in [2.75, 3.05) is 6.61 Å². The quantitative estimate of drug-likeness (QED) is 0.815. The van der Waals surface area contributed by atoms with Gasteiger partial charge in [0.05, 0.1) is 23.9 Å². The topological polar surface area (TPSA) is 63.5 Å². The van der Waals surface area contributed by atoms with Gasteiger partial charge in [-0.05, 0) is 19.1 Å². The van der Waals surface area contributed by atoms with E-state index < -0.39 is 6.04 Å². The first-order valence-electron chi connectivity index (χ1n) is 5.52. The summed E-state index contributed by atoms with van der Waals surface area (Å²) in [6, 6.07) is 5.61. The third-order valence-electron chi connectivity index (χ3n) is 2.82. The molecule has 0 saturated carbocycles. The first-order chi connectivity index (χ1) is 7.69. The molecule has 0 aromatic carbocycles. The molecule has 0 aliphatic rings. The molecule has 0 saturated heterocycles. The average Bonchev–Trinajstić information content (AvgIpc) is 2.68. The molecule has 3 N–H and O–H groups in total. The molecule has 1 unspecified atom stereocenters. The van der Waals surface area contributed by atoms with Crippen LogP contribution in [-0.4, -0.2) is 21.1 Å². The van der Waals surface area contributed by atoms with E-state index in [-0.39, 0.29) is 6.61 Å². The molecular formula is C12H17N3O. The molecule has 4 nitrogen and oxygen atoms in total. The fourth-order valence-corrected chi connectivity index (χ4v) is 2.00. The summed E-state index contributed by atoms with van der Waals surface area (Å²) >= 11 is 0. The highest BCUT2D eigenvalue weighted by atomic mass is 16.3. The molecule has 2 rings (SSSR count). The van der Waals surface area contributed by atoms with E-state index in [9.17, 15) is 0 Å². The lowest BCUT2D eigenvalue weighted by Gasteiger charge is -2.06. The van der Waals surface area contributed by atoms with Crippen molar-refractivity contribution in [1.29, 1.82) is 0 Å². The van der Waals surface area contributed by atoms with Crippen LogP contribution in [0, 0.1) is 6.92 Å². The molecule has 0 spiro atoms. The Morgan fingerprint density at radius 1 is 1.50 bits per heavy atom. The SMILES string of the molecule is CCc1nc(C(N)CO)c2cccc(C)n12. The summed E-state index contributed by atoms with van der Waals surface area (Å²) in [4.78, 5) is 4.52. The van der Waals surface area contributed by atoms with Crippen molar-refractivity contribution in [2.24, 2.45) is 5.73 Å². The molecule has 2 heterocycles. The molecule has 0 aliphatic carbocycles. The van der Waals surface area contributed by atoms with Gasteiger partial charge in [0, 0.05) is 12.1 Å². The van der Waals surface area contributed by atoms with Crippen LogP contribution in [0.4, 0.5) is 0 Å². The molecule has 0 amide bonds. The van der Waals surface area contributed by atoms with Gasteiger partial charge in [0.15, 0.2) is 0 Å². The maximum Gasteiger partial charge on any atom is 0.113 e. The number of rotatable bonds is 3. The van der Waals surface area contributed by atoms with E-state index in [1.165, 1.54) is 0 Å². The van der Waals surface area contributed by atoms with Gasteiger partial charge in [0.2, 0.25) is 0 Å². The van der Waals surface area contributed by atoms with Crippen LogP contribution >= 0.6 is 0 Å². The predicted octanol–water partition coefficient (Wildman–Crippen LogP) is 1.20. The van der Waals surface area contributed by atoms with Crippen molar-refractivity contribution in [3.8, 4) is 0 Å². The van der Waals surface area contributed by atoms with E-state index in [1.54, 1.807) is 0 Å². The molecule has 0 bridgehead atoms. The second-order valence-corrected chi connectivity index (χ2v) is 3.94. The molecule has 0 fully saturated rings. The van der Waals surface area contributed by atoms with Crippen molar-refractivity contribution < 1.29 is 5.11 Å². The second-order valence-electron chi connectivity index (χ2n) is 3.94. The Morgan fingerprint density at radius 2 is 2.25 bits per heavy atom. The normalized spacial score (nSPS) is 13.2. The zero-order chi connectivity index (χ0) is 11.7. The zero-order valence-corrected chi connectivity index (χ0v) is 9.64. The predicted molar refractivity (Wildman–Crippen MR) is 63.3 cm³/mol. The van der Waals surface area contributed by atoms with Crippen LogP contribution in [0.3, 0.4) is 0 Å². The number of nitrogens with two attached hydrogens (primary N) is 1. The van der Waals surface area contributed by atoms with Gasteiger partial charge in [-0.2, -0.15) is 0 Å². The van der Waals surface area contributed by atoms with E-state index in [2.05, 4.69) is 16.3 Å². The number of pyridine rings is 1. The fraction of sp³-hybridized carbons (Fsp3) is 0.417. The molecule has 1 atom stereocenters. The zero-order valence-electron chi connectivity index (χ0n) is 9.64. The Bertz CT molecular complexity index is 504. The lowest BCUT2D eigenvalue weighted by atomic mass is 10.2. The number of imidazole rings is 1. The summed E-state index contributed by atoms with van der Waals surface area (Å²) < 4.78 is 2.10. The summed E-state index contributed by atoms with van der Waals surface area (Å²) in [7, 11) is 0. The minimum absolute atomic E-state index is 0.0796. The standard InChI is InChI=1S/C12H17N3O/c1-3-11-14-12(9(13)7-16)10-6-4-5-8(2)15(10)11/h4-6,9,16H,3,7,13H2,1-2H3. The Balaban J connectivity index is 2.73. The highest BCUT2D eigenvalue weighted by molar-refractivity contribution is 5.55. The summed E-state index contributed by atoms with van der Waals surface area (Å²) in [5, 5.41) is 9.12. The van der Waals surface area contributed by atoms with Crippen LogP contribution in [-0.2, 0) is 6.42 Å². The summed E-state index contributed by atoms with van der Waals surface area (Å²) in [5.41, 5.74) is 8.77. The molecule has 86 valence electrons. The molecule has 2 aromatic heterocycles. The first kappa shape index (κ1) is 11.1. The minimum Gasteiger partial charge on any atom is -0.394 e. The molecular weight excluding hydrogens is 202 g/mol. The summed E-state index contributed by atoms with van der Waals surface area (Å²) in [6.07, 6.45) is 0.851. The largest absolute Gasteiger partial charge is 0.394 e. The van der Waals surface area contributed by atoms with Gasteiger partial charge in [-0.15, -0.1) is 0 Å². The number of hydrogen-bond donors (Lipinski definition) is 2. The van der Waals surface area contributed by atoms with E-state index in [0.717, 1.165) is 29.1 Å². The number of aromatic nitrogens is 2. The summed E-state index contributed by atoms with van der Waals surface area (Å²) in [5.74, 6) is 0.993. The maximum atomic E-state index is 9.12.